The van der Waals surface area contributed by atoms with Crippen molar-refractivity contribution in [3.8, 4) is 0 Å². The van der Waals surface area contributed by atoms with Gasteiger partial charge in [-0.2, -0.15) is 0 Å². The first kappa shape index (κ1) is 20.2. The Morgan fingerprint density at radius 1 is 1.09 bits per heavy atom. The maximum Gasteiger partial charge on any atom is 0.322 e. The minimum absolute atomic E-state index is 0.00172. The van der Waals surface area contributed by atoms with Gasteiger partial charge in [0.15, 0.2) is 11.5 Å². The number of carbonyl (C=O) groups is 1. The molecule has 4 aromatic rings. The predicted octanol–water partition coefficient (Wildman–Crippen LogP) is 3.17. The maximum absolute atomic E-state index is 12.8. The molecule has 32 heavy (non-hydrogen) atoms. The molecular formula is C23H25N7O2. The molecule has 0 saturated carbocycles. The lowest BCUT2D eigenvalue weighted by Gasteiger charge is -2.40. The van der Waals surface area contributed by atoms with Crippen molar-refractivity contribution in [3.63, 3.8) is 0 Å². The molecule has 2 amide bonds. The minimum Gasteiger partial charge on any atom is -0.377 e. The Morgan fingerprint density at radius 2 is 1.88 bits per heavy atom. The number of urea groups is 1. The van der Waals surface area contributed by atoms with Gasteiger partial charge in [0.25, 0.3) is 0 Å². The van der Waals surface area contributed by atoms with Crippen LogP contribution in [0.25, 0.3) is 16.6 Å². The molecule has 1 fully saturated rings. The Bertz CT molecular complexity index is 1260. The number of carbonyl (C=O) groups excluding carboxylic acids is 1. The molecule has 1 atom stereocenters. The van der Waals surface area contributed by atoms with E-state index in [4.69, 9.17) is 9.72 Å². The van der Waals surface area contributed by atoms with Gasteiger partial charge in [-0.05, 0) is 31.2 Å². The predicted molar refractivity (Wildman–Crippen MR) is 123 cm³/mol. The van der Waals surface area contributed by atoms with Gasteiger partial charge in [-0.3, -0.25) is 0 Å². The van der Waals surface area contributed by atoms with E-state index in [1.54, 1.807) is 7.11 Å². The smallest absolute Gasteiger partial charge is 0.322 e. The van der Waals surface area contributed by atoms with Crippen molar-refractivity contribution in [1.82, 2.24) is 24.5 Å². The summed E-state index contributed by atoms with van der Waals surface area (Å²) < 4.78 is 7.31. The zero-order valence-electron chi connectivity index (χ0n) is 18.1. The summed E-state index contributed by atoms with van der Waals surface area (Å²) in [5.74, 6) is 1.47. The molecule has 0 bridgehead atoms. The SMILES string of the molecule is COCc1nnc2c3ccccc3nc(N3CCN(C(=O)Nc4ccccc4)C(C)C3)n12. The first-order chi connectivity index (χ1) is 15.7. The zero-order valence-corrected chi connectivity index (χ0v) is 18.1. The van der Waals surface area contributed by atoms with Crippen LogP contribution in [0.1, 0.15) is 12.7 Å². The highest BCUT2D eigenvalue weighted by Crippen LogP contribution is 2.26. The third-order valence-electron chi connectivity index (χ3n) is 5.77. The molecule has 9 nitrogen and oxygen atoms in total. The fourth-order valence-corrected chi connectivity index (χ4v) is 4.21. The molecule has 2 aromatic heterocycles. The Morgan fingerprint density at radius 3 is 2.66 bits per heavy atom. The van der Waals surface area contributed by atoms with Gasteiger partial charge < -0.3 is 19.9 Å². The maximum atomic E-state index is 12.8. The van der Waals surface area contributed by atoms with Crippen molar-refractivity contribution in [2.75, 3.05) is 37.0 Å². The Balaban J connectivity index is 1.44. The van der Waals surface area contributed by atoms with Crippen LogP contribution in [0.2, 0.25) is 0 Å². The van der Waals surface area contributed by atoms with Gasteiger partial charge >= 0.3 is 6.03 Å². The van der Waals surface area contributed by atoms with Crippen LogP contribution >= 0.6 is 0 Å². The summed E-state index contributed by atoms with van der Waals surface area (Å²) in [6, 6.07) is 17.3. The second-order valence-corrected chi connectivity index (χ2v) is 7.92. The lowest BCUT2D eigenvalue weighted by molar-refractivity contribution is 0.176. The fraction of sp³-hybridized carbons (Fsp3) is 0.304. The van der Waals surface area contributed by atoms with Crippen LogP contribution in [0.15, 0.2) is 54.6 Å². The van der Waals surface area contributed by atoms with E-state index >= 15 is 0 Å². The Hall–Kier alpha value is -3.72. The second-order valence-electron chi connectivity index (χ2n) is 7.92. The van der Waals surface area contributed by atoms with Gasteiger partial charge in [-0.25, -0.2) is 14.2 Å². The van der Waals surface area contributed by atoms with E-state index in [-0.39, 0.29) is 12.1 Å². The van der Waals surface area contributed by atoms with E-state index in [2.05, 4.69) is 27.3 Å². The fourth-order valence-electron chi connectivity index (χ4n) is 4.21. The molecule has 9 heteroatoms. The Labute approximate surface area is 185 Å². The largest absolute Gasteiger partial charge is 0.377 e. The van der Waals surface area contributed by atoms with Crippen molar-refractivity contribution >= 4 is 34.2 Å². The number of methoxy groups -OCH3 is 1. The number of para-hydroxylation sites is 2. The number of hydrogen-bond acceptors (Lipinski definition) is 6. The van der Waals surface area contributed by atoms with Crippen molar-refractivity contribution in [3.05, 3.63) is 60.4 Å². The molecular weight excluding hydrogens is 406 g/mol. The second kappa shape index (κ2) is 8.43. The third kappa shape index (κ3) is 3.60. The van der Waals surface area contributed by atoms with Crippen LogP contribution in [0, 0.1) is 0 Å². The van der Waals surface area contributed by atoms with E-state index < -0.39 is 0 Å². The summed E-state index contributed by atoms with van der Waals surface area (Å²) in [7, 11) is 1.64. The van der Waals surface area contributed by atoms with E-state index in [0.717, 1.165) is 28.2 Å². The topological polar surface area (TPSA) is 87.9 Å². The van der Waals surface area contributed by atoms with E-state index in [1.165, 1.54) is 0 Å². The number of benzene rings is 2. The standard InChI is InChI=1S/C23H25N7O2/c1-16-14-28(12-13-29(16)23(31)24-17-8-4-3-5-9-17)22-25-19-11-7-6-10-18(19)21-27-26-20(15-32-2)30(21)22/h3-11,16H,12-15H2,1-2H3,(H,24,31). The van der Waals surface area contributed by atoms with Crippen molar-refractivity contribution < 1.29 is 9.53 Å². The lowest BCUT2D eigenvalue weighted by atomic mass is 10.2. The molecule has 0 spiro atoms. The number of fused-ring (bicyclic) bond motifs is 3. The van der Waals surface area contributed by atoms with Crippen molar-refractivity contribution in [2.24, 2.45) is 0 Å². The molecule has 1 aliphatic heterocycles. The van der Waals surface area contributed by atoms with Gasteiger partial charge in [-0.15, -0.1) is 10.2 Å². The molecule has 164 valence electrons. The molecule has 0 aliphatic carbocycles. The number of aromatic nitrogens is 4. The molecule has 1 N–H and O–H groups in total. The van der Waals surface area contributed by atoms with Crippen LogP contribution in [0.3, 0.4) is 0 Å². The summed E-state index contributed by atoms with van der Waals surface area (Å²) in [6.07, 6.45) is 0. The van der Waals surface area contributed by atoms with Gasteiger partial charge in [0.1, 0.15) is 6.61 Å². The molecule has 1 saturated heterocycles. The average molecular weight is 432 g/mol. The number of nitrogens with one attached hydrogen (secondary N) is 1. The molecule has 3 heterocycles. The summed E-state index contributed by atoms with van der Waals surface area (Å²) in [5.41, 5.74) is 2.41. The number of ether oxygens (including phenoxy) is 1. The normalized spacial score (nSPS) is 16.6. The van der Waals surface area contributed by atoms with Crippen molar-refractivity contribution in [2.45, 2.75) is 19.6 Å². The summed E-state index contributed by atoms with van der Waals surface area (Å²) in [6.45, 7) is 4.27. The molecule has 1 aliphatic rings. The summed E-state index contributed by atoms with van der Waals surface area (Å²) in [4.78, 5) is 21.9. The first-order valence-corrected chi connectivity index (χ1v) is 10.6. The molecule has 0 radical (unpaired) electrons. The van der Waals surface area contributed by atoms with Gasteiger partial charge in [0, 0.05) is 43.9 Å². The monoisotopic (exact) mass is 431 g/mol. The number of rotatable bonds is 4. The van der Waals surface area contributed by atoms with E-state index in [1.807, 2.05) is 63.9 Å². The quantitative estimate of drug-likeness (QED) is 0.534. The Kier molecular flexibility index (Phi) is 5.32. The summed E-state index contributed by atoms with van der Waals surface area (Å²) in [5, 5.41) is 12.7. The van der Waals surface area contributed by atoms with E-state index in [9.17, 15) is 4.79 Å². The van der Waals surface area contributed by atoms with E-state index in [0.29, 0.717) is 32.1 Å². The first-order valence-electron chi connectivity index (χ1n) is 10.6. The van der Waals surface area contributed by atoms with Crippen LogP contribution in [-0.4, -0.2) is 63.3 Å². The van der Waals surface area contributed by atoms with Gasteiger partial charge in [0.2, 0.25) is 5.95 Å². The molecule has 1 unspecified atom stereocenters. The number of amides is 2. The highest BCUT2D eigenvalue weighted by atomic mass is 16.5. The third-order valence-corrected chi connectivity index (χ3v) is 5.77. The van der Waals surface area contributed by atoms with Crippen molar-refractivity contribution in [1.29, 1.82) is 0 Å². The van der Waals surface area contributed by atoms with Gasteiger partial charge in [-0.1, -0.05) is 30.3 Å². The highest BCUT2D eigenvalue weighted by molar-refractivity contribution is 5.92. The molecule has 2 aromatic carbocycles. The number of nitrogens with zero attached hydrogens (tertiary/aromatic N) is 6. The highest BCUT2D eigenvalue weighted by Gasteiger charge is 2.30. The van der Waals surface area contributed by atoms with Crippen LogP contribution in [-0.2, 0) is 11.3 Å². The van der Waals surface area contributed by atoms with Crippen LogP contribution in [0.4, 0.5) is 16.4 Å². The number of hydrogen-bond donors (Lipinski definition) is 1. The molecule has 5 rings (SSSR count). The van der Waals surface area contributed by atoms with Crippen LogP contribution in [0.5, 0.6) is 0 Å². The van der Waals surface area contributed by atoms with Crippen LogP contribution < -0.4 is 10.2 Å². The minimum atomic E-state index is -0.0932. The number of anilines is 2. The van der Waals surface area contributed by atoms with Gasteiger partial charge in [0.05, 0.1) is 5.52 Å². The zero-order chi connectivity index (χ0) is 22.1. The average Bonchev–Trinajstić information content (AvgIpc) is 3.23. The summed E-state index contributed by atoms with van der Waals surface area (Å²) >= 11 is 0. The number of piperazine rings is 1. The lowest BCUT2D eigenvalue weighted by Crippen LogP contribution is -2.55.